The van der Waals surface area contributed by atoms with Gasteiger partial charge in [0.15, 0.2) is 6.61 Å². The Morgan fingerprint density at radius 1 is 1.11 bits per heavy atom. The maximum Gasteiger partial charge on any atom is 0.258 e. The van der Waals surface area contributed by atoms with Crippen LogP contribution in [0.3, 0.4) is 0 Å². The third-order valence-corrected chi connectivity index (χ3v) is 4.73. The van der Waals surface area contributed by atoms with Crippen LogP contribution in [-0.4, -0.2) is 24.5 Å². The van der Waals surface area contributed by atoms with Gasteiger partial charge in [-0.25, -0.2) is 0 Å². The second-order valence-electron chi connectivity index (χ2n) is 6.83. The zero-order valence-corrected chi connectivity index (χ0v) is 15.6. The lowest BCUT2D eigenvalue weighted by Gasteiger charge is -2.15. The molecule has 0 unspecified atom stereocenters. The van der Waals surface area contributed by atoms with Crippen LogP contribution < -0.4 is 15.4 Å². The summed E-state index contributed by atoms with van der Waals surface area (Å²) in [4.78, 5) is 24.6. The van der Waals surface area contributed by atoms with E-state index in [0.29, 0.717) is 23.4 Å². The van der Waals surface area contributed by atoms with Crippen LogP contribution in [0.4, 0.5) is 0 Å². The highest BCUT2D eigenvalue weighted by atomic mass is 16.5. The van der Waals surface area contributed by atoms with Crippen molar-refractivity contribution in [2.45, 2.75) is 38.3 Å². The number of nitrogens with one attached hydrogen (secondary N) is 2. The van der Waals surface area contributed by atoms with Crippen LogP contribution in [-0.2, 0) is 11.3 Å². The number of para-hydroxylation sites is 1. The fourth-order valence-corrected chi connectivity index (χ4v) is 3.26. The Bertz CT molecular complexity index is 883. The van der Waals surface area contributed by atoms with Gasteiger partial charge in [-0.2, -0.15) is 5.26 Å². The van der Waals surface area contributed by atoms with Crippen molar-refractivity contribution in [3.63, 3.8) is 0 Å². The van der Waals surface area contributed by atoms with Gasteiger partial charge in [0, 0.05) is 12.6 Å². The molecule has 0 saturated heterocycles. The molecule has 0 aromatic heterocycles. The van der Waals surface area contributed by atoms with Gasteiger partial charge >= 0.3 is 0 Å². The van der Waals surface area contributed by atoms with Crippen molar-refractivity contribution in [3.05, 3.63) is 65.2 Å². The number of rotatable bonds is 7. The van der Waals surface area contributed by atoms with Gasteiger partial charge in [-0.05, 0) is 42.7 Å². The molecule has 2 aromatic rings. The van der Waals surface area contributed by atoms with Crippen molar-refractivity contribution in [2.24, 2.45) is 0 Å². The summed E-state index contributed by atoms with van der Waals surface area (Å²) in [7, 11) is 0. The lowest BCUT2D eigenvalue weighted by molar-refractivity contribution is -0.123. The first-order valence-corrected chi connectivity index (χ1v) is 9.44. The molecule has 6 nitrogen and oxygen atoms in total. The van der Waals surface area contributed by atoms with Crippen LogP contribution >= 0.6 is 0 Å². The number of hydrogen-bond donors (Lipinski definition) is 2. The largest absolute Gasteiger partial charge is 0.483 e. The molecule has 3 rings (SSSR count). The zero-order chi connectivity index (χ0) is 19.8. The number of nitriles is 1. The maximum atomic E-state index is 12.5. The SMILES string of the molecule is N#Cc1cccc(CNC(=O)COc2ccccc2C(=O)NC2CCCC2)c1. The molecule has 2 aromatic carbocycles. The molecule has 0 atom stereocenters. The summed E-state index contributed by atoms with van der Waals surface area (Å²) in [6.07, 6.45) is 4.29. The van der Waals surface area contributed by atoms with E-state index in [4.69, 9.17) is 10.00 Å². The van der Waals surface area contributed by atoms with E-state index in [1.54, 1.807) is 42.5 Å². The third-order valence-electron chi connectivity index (χ3n) is 4.73. The standard InChI is InChI=1S/C22H23N3O3/c23-13-16-6-5-7-17(12-16)14-24-21(26)15-28-20-11-4-3-10-19(20)22(27)25-18-8-1-2-9-18/h3-7,10-12,18H,1-2,8-9,14-15H2,(H,24,26)(H,25,27). The van der Waals surface area contributed by atoms with E-state index in [1.165, 1.54) is 0 Å². The Balaban J connectivity index is 1.53. The number of benzene rings is 2. The van der Waals surface area contributed by atoms with Gasteiger partial charge in [0.25, 0.3) is 11.8 Å². The Morgan fingerprint density at radius 2 is 1.89 bits per heavy atom. The van der Waals surface area contributed by atoms with Crippen molar-refractivity contribution < 1.29 is 14.3 Å². The number of carbonyl (C=O) groups excluding carboxylic acids is 2. The second-order valence-corrected chi connectivity index (χ2v) is 6.83. The molecule has 1 fully saturated rings. The predicted molar refractivity (Wildman–Crippen MR) is 105 cm³/mol. The van der Waals surface area contributed by atoms with Gasteiger partial charge in [0.1, 0.15) is 5.75 Å². The Morgan fingerprint density at radius 3 is 2.68 bits per heavy atom. The number of carbonyl (C=O) groups is 2. The first kappa shape index (κ1) is 19.4. The monoisotopic (exact) mass is 377 g/mol. The van der Waals surface area contributed by atoms with Gasteiger partial charge in [-0.15, -0.1) is 0 Å². The topological polar surface area (TPSA) is 91.2 Å². The van der Waals surface area contributed by atoms with E-state index in [0.717, 1.165) is 31.2 Å². The van der Waals surface area contributed by atoms with Crippen molar-refractivity contribution in [1.29, 1.82) is 5.26 Å². The Hall–Kier alpha value is -3.33. The minimum Gasteiger partial charge on any atom is -0.483 e. The molecule has 1 saturated carbocycles. The number of ether oxygens (including phenoxy) is 1. The van der Waals surface area contributed by atoms with E-state index in [1.807, 2.05) is 6.07 Å². The van der Waals surface area contributed by atoms with E-state index in [2.05, 4.69) is 16.7 Å². The molecule has 0 heterocycles. The van der Waals surface area contributed by atoms with Crippen LogP contribution in [0, 0.1) is 11.3 Å². The molecule has 2 N–H and O–H groups in total. The predicted octanol–water partition coefficient (Wildman–Crippen LogP) is 2.93. The molecule has 2 amide bonds. The van der Waals surface area contributed by atoms with Crippen LogP contribution in [0.2, 0.25) is 0 Å². The molecule has 144 valence electrons. The summed E-state index contributed by atoms with van der Waals surface area (Å²) < 4.78 is 5.59. The molecule has 0 spiro atoms. The summed E-state index contributed by atoms with van der Waals surface area (Å²) in [6, 6.07) is 16.3. The third kappa shape index (κ3) is 5.34. The summed E-state index contributed by atoms with van der Waals surface area (Å²) >= 11 is 0. The quantitative estimate of drug-likeness (QED) is 0.776. The number of amides is 2. The molecule has 1 aliphatic carbocycles. The van der Waals surface area contributed by atoms with Crippen molar-refractivity contribution >= 4 is 11.8 Å². The molecule has 0 radical (unpaired) electrons. The lowest BCUT2D eigenvalue weighted by Crippen LogP contribution is -2.33. The van der Waals surface area contributed by atoms with E-state index < -0.39 is 0 Å². The highest BCUT2D eigenvalue weighted by Crippen LogP contribution is 2.21. The molecule has 1 aliphatic rings. The van der Waals surface area contributed by atoms with Crippen LogP contribution in [0.1, 0.15) is 47.2 Å². The van der Waals surface area contributed by atoms with E-state index >= 15 is 0 Å². The first-order chi connectivity index (χ1) is 13.7. The van der Waals surface area contributed by atoms with Crippen LogP contribution in [0.15, 0.2) is 48.5 Å². The Kier molecular flexibility index (Phi) is 6.64. The van der Waals surface area contributed by atoms with Gasteiger partial charge in [0.2, 0.25) is 0 Å². The maximum absolute atomic E-state index is 12.5. The first-order valence-electron chi connectivity index (χ1n) is 9.44. The summed E-state index contributed by atoms with van der Waals surface area (Å²) in [5.41, 5.74) is 1.82. The zero-order valence-electron chi connectivity index (χ0n) is 15.6. The normalized spacial score (nSPS) is 13.5. The van der Waals surface area contributed by atoms with Crippen LogP contribution in [0.25, 0.3) is 0 Å². The summed E-state index contributed by atoms with van der Waals surface area (Å²) in [6.45, 7) is 0.118. The Labute approximate surface area is 164 Å². The average Bonchev–Trinajstić information content (AvgIpc) is 3.24. The summed E-state index contributed by atoms with van der Waals surface area (Å²) in [5.74, 6) is -0.0794. The van der Waals surface area contributed by atoms with Gasteiger partial charge in [-0.3, -0.25) is 9.59 Å². The molecule has 28 heavy (non-hydrogen) atoms. The van der Waals surface area contributed by atoms with Crippen molar-refractivity contribution in [3.8, 4) is 11.8 Å². The lowest BCUT2D eigenvalue weighted by atomic mass is 10.1. The van der Waals surface area contributed by atoms with Crippen LogP contribution in [0.5, 0.6) is 5.75 Å². The number of hydrogen-bond acceptors (Lipinski definition) is 4. The van der Waals surface area contributed by atoms with E-state index in [-0.39, 0.29) is 24.5 Å². The highest BCUT2D eigenvalue weighted by molar-refractivity contribution is 5.97. The van der Waals surface area contributed by atoms with Gasteiger partial charge in [0.05, 0.1) is 17.2 Å². The minimum atomic E-state index is -0.298. The van der Waals surface area contributed by atoms with E-state index in [9.17, 15) is 9.59 Å². The smallest absolute Gasteiger partial charge is 0.258 e. The average molecular weight is 377 g/mol. The van der Waals surface area contributed by atoms with Crippen molar-refractivity contribution in [1.82, 2.24) is 10.6 Å². The number of nitrogens with zero attached hydrogens (tertiary/aromatic N) is 1. The van der Waals surface area contributed by atoms with Crippen molar-refractivity contribution in [2.75, 3.05) is 6.61 Å². The molecular formula is C22H23N3O3. The van der Waals surface area contributed by atoms with Gasteiger partial charge < -0.3 is 15.4 Å². The minimum absolute atomic E-state index is 0.170. The summed E-state index contributed by atoms with van der Waals surface area (Å²) in [5, 5.41) is 14.7. The molecule has 0 aliphatic heterocycles. The fraction of sp³-hybridized carbons (Fsp3) is 0.318. The fourth-order valence-electron chi connectivity index (χ4n) is 3.26. The molecule has 0 bridgehead atoms. The van der Waals surface area contributed by atoms with Gasteiger partial charge in [-0.1, -0.05) is 37.1 Å². The highest BCUT2D eigenvalue weighted by Gasteiger charge is 2.20. The second kappa shape index (κ2) is 9.56. The molecular weight excluding hydrogens is 354 g/mol. The molecule has 6 heteroatoms.